The van der Waals surface area contributed by atoms with E-state index in [0.717, 1.165) is 25.6 Å². The zero-order valence-electron chi connectivity index (χ0n) is 13.5. The van der Waals surface area contributed by atoms with Crippen LogP contribution in [0.15, 0.2) is 24.4 Å². The molecule has 2 aliphatic rings. The first-order valence-electron chi connectivity index (χ1n) is 8.53. The number of nitrogens with one attached hydrogen (secondary N) is 1. The molecule has 0 radical (unpaired) electrons. The second-order valence-electron chi connectivity index (χ2n) is 7.40. The molecule has 1 atom stereocenters. The number of pyridine rings is 1. The van der Waals surface area contributed by atoms with Crippen molar-refractivity contribution in [2.75, 3.05) is 13.1 Å². The van der Waals surface area contributed by atoms with Crippen LogP contribution in [0.25, 0.3) is 0 Å². The van der Waals surface area contributed by atoms with Gasteiger partial charge >= 0.3 is 0 Å². The highest BCUT2D eigenvalue weighted by Gasteiger charge is 2.37. The van der Waals surface area contributed by atoms with Gasteiger partial charge in [-0.25, -0.2) is 0 Å². The van der Waals surface area contributed by atoms with Crippen molar-refractivity contribution < 1.29 is 0 Å². The third kappa shape index (κ3) is 3.64. The van der Waals surface area contributed by atoms with Gasteiger partial charge in [-0.05, 0) is 44.7 Å². The molecule has 1 aliphatic heterocycles. The van der Waals surface area contributed by atoms with Crippen molar-refractivity contribution in [2.45, 2.75) is 64.1 Å². The molecule has 1 saturated carbocycles. The van der Waals surface area contributed by atoms with E-state index in [2.05, 4.69) is 41.2 Å². The highest BCUT2D eigenvalue weighted by Crippen LogP contribution is 2.30. The molecular weight excluding hydrogens is 258 g/mol. The molecule has 0 spiro atoms. The lowest BCUT2D eigenvalue weighted by molar-refractivity contribution is 0.0365. The quantitative estimate of drug-likeness (QED) is 0.925. The van der Waals surface area contributed by atoms with Crippen molar-refractivity contribution in [3.8, 4) is 0 Å². The molecule has 0 bridgehead atoms. The van der Waals surface area contributed by atoms with Gasteiger partial charge in [0.2, 0.25) is 0 Å². The van der Waals surface area contributed by atoms with Gasteiger partial charge < -0.3 is 5.32 Å². The molecule has 116 valence electrons. The molecule has 3 heteroatoms. The Morgan fingerprint density at radius 2 is 2.05 bits per heavy atom. The molecule has 0 aromatic carbocycles. The third-order valence-electron chi connectivity index (χ3n) is 5.37. The van der Waals surface area contributed by atoms with Crippen LogP contribution < -0.4 is 5.32 Å². The molecule has 0 amide bonds. The lowest BCUT2D eigenvalue weighted by atomic mass is 9.81. The molecule has 1 unspecified atom stereocenters. The van der Waals surface area contributed by atoms with Gasteiger partial charge in [0.1, 0.15) is 0 Å². The highest BCUT2D eigenvalue weighted by atomic mass is 15.3. The minimum absolute atomic E-state index is 0.211. The molecule has 1 N–H and O–H groups in total. The van der Waals surface area contributed by atoms with E-state index in [0.29, 0.717) is 6.04 Å². The van der Waals surface area contributed by atoms with Crippen LogP contribution in [-0.2, 0) is 6.54 Å². The summed E-state index contributed by atoms with van der Waals surface area (Å²) in [5, 5.41) is 3.83. The Morgan fingerprint density at radius 3 is 2.76 bits per heavy atom. The zero-order chi connectivity index (χ0) is 14.7. The van der Waals surface area contributed by atoms with Gasteiger partial charge in [0, 0.05) is 37.4 Å². The standard InChI is InChI=1S/C18H29N3/c1-18(2)14-20-17(15-8-4-3-5-9-15)13-21(18)12-16-10-6-7-11-19-16/h6-7,10-11,15,17,20H,3-5,8-9,12-14H2,1-2H3. The van der Waals surface area contributed by atoms with Crippen LogP contribution >= 0.6 is 0 Å². The van der Waals surface area contributed by atoms with E-state index in [4.69, 9.17) is 0 Å². The Bertz CT molecular complexity index is 437. The summed E-state index contributed by atoms with van der Waals surface area (Å²) < 4.78 is 0. The Balaban J connectivity index is 1.67. The molecule has 2 fully saturated rings. The Hall–Kier alpha value is -0.930. The maximum absolute atomic E-state index is 4.51. The fourth-order valence-corrected chi connectivity index (χ4v) is 3.86. The van der Waals surface area contributed by atoms with E-state index in [1.807, 2.05) is 12.3 Å². The predicted octanol–water partition coefficient (Wildman–Crippen LogP) is 3.21. The van der Waals surface area contributed by atoms with E-state index < -0.39 is 0 Å². The second-order valence-corrected chi connectivity index (χ2v) is 7.40. The van der Waals surface area contributed by atoms with Crippen LogP contribution in [0.2, 0.25) is 0 Å². The van der Waals surface area contributed by atoms with Crippen LogP contribution in [0, 0.1) is 5.92 Å². The lowest BCUT2D eigenvalue weighted by Gasteiger charge is -2.48. The van der Waals surface area contributed by atoms with Gasteiger partial charge in [-0.15, -0.1) is 0 Å². The van der Waals surface area contributed by atoms with Gasteiger partial charge in [0.05, 0.1) is 5.69 Å². The average molecular weight is 287 g/mol. The minimum Gasteiger partial charge on any atom is -0.311 e. The Labute approximate surface area is 129 Å². The molecule has 1 aliphatic carbocycles. The number of rotatable bonds is 3. The van der Waals surface area contributed by atoms with E-state index in [1.54, 1.807) is 0 Å². The first-order chi connectivity index (χ1) is 10.1. The number of aromatic nitrogens is 1. The number of hydrogen-bond acceptors (Lipinski definition) is 3. The Kier molecular flexibility index (Phi) is 4.60. The molecule has 3 nitrogen and oxygen atoms in total. The molecule has 1 aromatic rings. The van der Waals surface area contributed by atoms with Crippen LogP contribution in [0.4, 0.5) is 0 Å². The SMILES string of the molecule is CC1(C)CNC(C2CCCCC2)CN1Cc1ccccn1. The maximum Gasteiger partial charge on any atom is 0.0544 e. The van der Waals surface area contributed by atoms with Crippen molar-refractivity contribution in [1.82, 2.24) is 15.2 Å². The van der Waals surface area contributed by atoms with E-state index >= 15 is 0 Å². The number of hydrogen-bond donors (Lipinski definition) is 1. The maximum atomic E-state index is 4.51. The second kappa shape index (κ2) is 6.45. The topological polar surface area (TPSA) is 28.2 Å². The summed E-state index contributed by atoms with van der Waals surface area (Å²) in [6.45, 7) is 7.91. The normalized spacial score (nSPS) is 27.6. The first-order valence-corrected chi connectivity index (χ1v) is 8.53. The number of piperazine rings is 1. The summed E-state index contributed by atoms with van der Waals surface area (Å²) in [4.78, 5) is 7.14. The van der Waals surface area contributed by atoms with Crippen LogP contribution in [0.5, 0.6) is 0 Å². The summed E-state index contributed by atoms with van der Waals surface area (Å²) in [6.07, 6.45) is 9.01. The smallest absolute Gasteiger partial charge is 0.0544 e. The van der Waals surface area contributed by atoms with Crippen LogP contribution in [-0.4, -0.2) is 34.6 Å². The van der Waals surface area contributed by atoms with E-state index in [9.17, 15) is 0 Å². The van der Waals surface area contributed by atoms with Crippen molar-refractivity contribution in [2.24, 2.45) is 5.92 Å². The average Bonchev–Trinajstić information content (AvgIpc) is 2.51. The number of nitrogens with zero attached hydrogens (tertiary/aromatic N) is 2. The molecule has 3 rings (SSSR count). The Morgan fingerprint density at radius 1 is 1.24 bits per heavy atom. The first kappa shape index (κ1) is 15.0. The summed E-state index contributed by atoms with van der Waals surface area (Å²) >= 11 is 0. The van der Waals surface area contributed by atoms with Gasteiger partial charge in [-0.3, -0.25) is 9.88 Å². The summed E-state index contributed by atoms with van der Waals surface area (Å²) in [5.41, 5.74) is 1.40. The van der Waals surface area contributed by atoms with Gasteiger partial charge in [0.25, 0.3) is 0 Å². The van der Waals surface area contributed by atoms with Crippen molar-refractivity contribution in [3.63, 3.8) is 0 Å². The van der Waals surface area contributed by atoms with Crippen LogP contribution in [0.3, 0.4) is 0 Å². The minimum atomic E-state index is 0.211. The van der Waals surface area contributed by atoms with Crippen LogP contribution in [0.1, 0.15) is 51.6 Å². The fourth-order valence-electron chi connectivity index (χ4n) is 3.86. The van der Waals surface area contributed by atoms with Crippen molar-refractivity contribution in [1.29, 1.82) is 0 Å². The van der Waals surface area contributed by atoms with Crippen molar-refractivity contribution in [3.05, 3.63) is 30.1 Å². The monoisotopic (exact) mass is 287 g/mol. The van der Waals surface area contributed by atoms with Crippen molar-refractivity contribution >= 4 is 0 Å². The molecule has 1 aromatic heterocycles. The molecule has 2 heterocycles. The lowest BCUT2D eigenvalue weighted by Crippen LogP contribution is -2.63. The summed E-state index contributed by atoms with van der Waals surface area (Å²) in [6, 6.07) is 6.91. The largest absolute Gasteiger partial charge is 0.311 e. The molecule has 21 heavy (non-hydrogen) atoms. The summed E-state index contributed by atoms with van der Waals surface area (Å²) in [5.74, 6) is 0.876. The van der Waals surface area contributed by atoms with E-state index in [1.165, 1.54) is 37.8 Å². The van der Waals surface area contributed by atoms with E-state index in [-0.39, 0.29) is 5.54 Å². The zero-order valence-corrected chi connectivity index (χ0v) is 13.5. The molecular formula is C18H29N3. The van der Waals surface area contributed by atoms with Gasteiger partial charge in [-0.1, -0.05) is 25.3 Å². The third-order valence-corrected chi connectivity index (χ3v) is 5.37. The van der Waals surface area contributed by atoms with Gasteiger partial charge in [0.15, 0.2) is 0 Å². The summed E-state index contributed by atoms with van der Waals surface area (Å²) in [7, 11) is 0. The molecule has 1 saturated heterocycles. The fraction of sp³-hybridized carbons (Fsp3) is 0.722. The highest BCUT2D eigenvalue weighted by molar-refractivity contribution is 5.06. The van der Waals surface area contributed by atoms with Gasteiger partial charge in [-0.2, -0.15) is 0 Å². The predicted molar refractivity (Wildman–Crippen MR) is 87.1 cm³/mol.